The third-order valence-corrected chi connectivity index (χ3v) is 8.02. The van der Waals surface area contributed by atoms with Gasteiger partial charge in [0, 0.05) is 0 Å². The molecule has 1 aromatic carbocycles. The molecule has 0 aromatic heterocycles. The molecule has 3 rings (SSSR count). The summed E-state index contributed by atoms with van der Waals surface area (Å²) in [5.41, 5.74) is 0. The average molecular weight is 429 g/mol. The zero-order valence-corrected chi connectivity index (χ0v) is 20.5. The van der Waals surface area contributed by atoms with E-state index >= 15 is 0 Å². The number of rotatable bonds is 13. The van der Waals surface area contributed by atoms with Crippen LogP contribution in [0.4, 0.5) is 0 Å². The molecule has 0 aliphatic heterocycles. The maximum atomic E-state index is 6.11. The van der Waals surface area contributed by atoms with Gasteiger partial charge in [0.05, 0.1) is 13.2 Å². The second-order valence-corrected chi connectivity index (χ2v) is 10.5. The second-order valence-electron chi connectivity index (χ2n) is 10.5. The highest BCUT2D eigenvalue weighted by Gasteiger charge is 2.22. The van der Waals surface area contributed by atoms with Crippen molar-refractivity contribution in [3.8, 4) is 11.5 Å². The van der Waals surface area contributed by atoms with Crippen molar-refractivity contribution in [2.24, 2.45) is 23.7 Å². The van der Waals surface area contributed by atoms with E-state index in [9.17, 15) is 0 Å². The quantitative estimate of drug-likeness (QED) is 0.292. The molecule has 31 heavy (non-hydrogen) atoms. The fourth-order valence-corrected chi connectivity index (χ4v) is 5.75. The molecule has 176 valence electrons. The molecule has 2 atom stereocenters. The van der Waals surface area contributed by atoms with Gasteiger partial charge in [-0.2, -0.15) is 0 Å². The van der Waals surface area contributed by atoms with Crippen LogP contribution in [-0.4, -0.2) is 13.2 Å². The lowest BCUT2D eigenvalue weighted by Gasteiger charge is -2.28. The summed E-state index contributed by atoms with van der Waals surface area (Å²) in [5, 5.41) is 0. The number of hydrogen-bond acceptors (Lipinski definition) is 2. The van der Waals surface area contributed by atoms with Crippen molar-refractivity contribution in [2.45, 2.75) is 110 Å². The molecule has 1 aromatic rings. The van der Waals surface area contributed by atoms with Crippen LogP contribution in [-0.2, 0) is 0 Å². The molecule has 0 amide bonds. The van der Waals surface area contributed by atoms with Crippen molar-refractivity contribution in [1.82, 2.24) is 0 Å². The second kappa shape index (κ2) is 14.1. The standard InChI is InChI=1S/C29H48O2/c1-3-4-5-6-11-25-14-16-26(17-15-25)23-31-29-20-18-28(19-21-29)30-22-9-13-27-12-8-7-10-24(27)2/h18-21,24-27H,3-17,22-23H2,1-2H3. The van der Waals surface area contributed by atoms with E-state index in [0.29, 0.717) is 0 Å². The lowest BCUT2D eigenvalue weighted by Crippen LogP contribution is -2.20. The largest absolute Gasteiger partial charge is 0.494 e. The predicted molar refractivity (Wildman–Crippen MR) is 132 cm³/mol. The summed E-state index contributed by atoms with van der Waals surface area (Å²) in [6.07, 6.45) is 20.8. The van der Waals surface area contributed by atoms with Gasteiger partial charge in [-0.05, 0) is 73.6 Å². The van der Waals surface area contributed by atoms with Gasteiger partial charge in [0.25, 0.3) is 0 Å². The van der Waals surface area contributed by atoms with Gasteiger partial charge in [0.15, 0.2) is 0 Å². The number of unbranched alkanes of at least 4 members (excludes halogenated alkanes) is 3. The first kappa shape index (κ1) is 24.5. The number of benzene rings is 1. The third kappa shape index (κ3) is 9.07. The first-order chi connectivity index (χ1) is 15.2. The van der Waals surface area contributed by atoms with Crippen LogP contribution in [0.5, 0.6) is 11.5 Å². The molecule has 2 heteroatoms. The highest BCUT2D eigenvalue weighted by molar-refractivity contribution is 5.31. The zero-order valence-electron chi connectivity index (χ0n) is 20.5. The third-order valence-electron chi connectivity index (χ3n) is 8.02. The van der Waals surface area contributed by atoms with Gasteiger partial charge in [-0.1, -0.05) is 84.5 Å². The minimum Gasteiger partial charge on any atom is -0.494 e. The van der Waals surface area contributed by atoms with Crippen LogP contribution in [0.25, 0.3) is 0 Å². The number of ether oxygens (including phenoxy) is 2. The van der Waals surface area contributed by atoms with Gasteiger partial charge < -0.3 is 9.47 Å². The smallest absolute Gasteiger partial charge is 0.119 e. The summed E-state index contributed by atoms with van der Waals surface area (Å²) in [4.78, 5) is 0. The van der Waals surface area contributed by atoms with Crippen molar-refractivity contribution in [1.29, 1.82) is 0 Å². The van der Waals surface area contributed by atoms with Crippen molar-refractivity contribution < 1.29 is 9.47 Å². The Balaban J connectivity index is 1.25. The maximum absolute atomic E-state index is 6.11. The molecule has 0 radical (unpaired) electrons. The Morgan fingerprint density at radius 3 is 2.10 bits per heavy atom. The maximum Gasteiger partial charge on any atom is 0.119 e. The summed E-state index contributed by atoms with van der Waals surface area (Å²) in [6.45, 7) is 6.45. The molecule has 2 unspecified atom stereocenters. The van der Waals surface area contributed by atoms with E-state index < -0.39 is 0 Å². The van der Waals surface area contributed by atoms with E-state index in [1.807, 2.05) is 0 Å². The van der Waals surface area contributed by atoms with Crippen LogP contribution in [0.15, 0.2) is 24.3 Å². The molecular formula is C29H48O2. The van der Waals surface area contributed by atoms with Gasteiger partial charge in [0.2, 0.25) is 0 Å². The van der Waals surface area contributed by atoms with E-state index in [2.05, 4.69) is 38.1 Å². The van der Waals surface area contributed by atoms with Crippen molar-refractivity contribution >= 4 is 0 Å². The van der Waals surface area contributed by atoms with Gasteiger partial charge in [-0.25, -0.2) is 0 Å². The van der Waals surface area contributed by atoms with Crippen molar-refractivity contribution in [2.75, 3.05) is 13.2 Å². The molecule has 2 aliphatic carbocycles. The van der Waals surface area contributed by atoms with Gasteiger partial charge in [-0.3, -0.25) is 0 Å². The lowest BCUT2D eigenvalue weighted by atomic mass is 9.78. The first-order valence-electron chi connectivity index (χ1n) is 13.6. The zero-order chi connectivity index (χ0) is 21.7. The van der Waals surface area contributed by atoms with Crippen LogP contribution in [0.3, 0.4) is 0 Å². The molecule has 0 bridgehead atoms. The highest BCUT2D eigenvalue weighted by Crippen LogP contribution is 2.34. The minimum atomic E-state index is 0.741. The Morgan fingerprint density at radius 2 is 1.39 bits per heavy atom. The summed E-state index contributed by atoms with van der Waals surface area (Å²) < 4.78 is 12.1. The normalized spacial score (nSPS) is 26.5. The fourth-order valence-electron chi connectivity index (χ4n) is 5.75. The molecule has 0 spiro atoms. The first-order valence-corrected chi connectivity index (χ1v) is 13.6. The Morgan fingerprint density at radius 1 is 0.710 bits per heavy atom. The monoisotopic (exact) mass is 428 g/mol. The summed E-state index contributed by atoms with van der Waals surface area (Å²) in [5.74, 6) is 5.52. The minimum absolute atomic E-state index is 0.741. The summed E-state index contributed by atoms with van der Waals surface area (Å²) in [7, 11) is 0. The molecule has 0 saturated heterocycles. The summed E-state index contributed by atoms with van der Waals surface area (Å²) >= 11 is 0. The van der Waals surface area contributed by atoms with Crippen molar-refractivity contribution in [3.05, 3.63) is 24.3 Å². The SMILES string of the molecule is CCCCCCC1CCC(COc2ccc(OCCCC3CCCCC3C)cc2)CC1. The van der Waals surface area contributed by atoms with Crippen molar-refractivity contribution in [3.63, 3.8) is 0 Å². The van der Waals surface area contributed by atoms with E-state index in [4.69, 9.17) is 9.47 Å². The highest BCUT2D eigenvalue weighted by atomic mass is 16.5. The molecular weight excluding hydrogens is 380 g/mol. The van der Waals surface area contributed by atoms with E-state index in [-0.39, 0.29) is 0 Å². The topological polar surface area (TPSA) is 18.5 Å². The molecule has 2 fully saturated rings. The molecule has 2 aliphatic rings. The van der Waals surface area contributed by atoms with Crippen LogP contribution in [0.2, 0.25) is 0 Å². The van der Waals surface area contributed by atoms with Gasteiger partial charge in [-0.15, -0.1) is 0 Å². The summed E-state index contributed by atoms with van der Waals surface area (Å²) in [6, 6.07) is 8.31. The Hall–Kier alpha value is -1.18. The van der Waals surface area contributed by atoms with Crippen LogP contribution < -0.4 is 9.47 Å². The lowest BCUT2D eigenvalue weighted by molar-refractivity contribution is 0.177. The van der Waals surface area contributed by atoms with Gasteiger partial charge in [0.1, 0.15) is 11.5 Å². The van der Waals surface area contributed by atoms with E-state index in [1.54, 1.807) is 0 Å². The van der Waals surface area contributed by atoms with E-state index in [0.717, 1.165) is 48.4 Å². The molecule has 2 saturated carbocycles. The van der Waals surface area contributed by atoms with E-state index in [1.165, 1.54) is 96.3 Å². The predicted octanol–water partition coefficient (Wildman–Crippen LogP) is 8.83. The Bertz CT molecular complexity index is 573. The van der Waals surface area contributed by atoms with Crippen LogP contribution >= 0.6 is 0 Å². The van der Waals surface area contributed by atoms with Crippen LogP contribution in [0.1, 0.15) is 110 Å². The molecule has 0 N–H and O–H groups in total. The number of hydrogen-bond donors (Lipinski definition) is 0. The molecule has 0 heterocycles. The average Bonchev–Trinajstić information content (AvgIpc) is 2.81. The Kier molecular flexibility index (Phi) is 11.1. The Labute approximate surface area is 192 Å². The van der Waals surface area contributed by atoms with Crippen LogP contribution in [0, 0.1) is 23.7 Å². The van der Waals surface area contributed by atoms with Gasteiger partial charge >= 0.3 is 0 Å². The molecule has 2 nitrogen and oxygen atoms in total. The fraction of sp³-hybridized carbons (Fsp3) is 0.793.